The lowest BCUT2D eigenvalue weighted by atomic mass is 10.0. The fourth-order valence-electron chi connectivity index (χ4n) is 1.32. The summed E-state index contributed by atoms with van der Waals surface area (Å²) in [6, 6.07) is 0. The zero-order chi connectivity index (χ0) is 6.69. The second-order valence-electron chi connectivity index (χ2n) is 2.62. The fourth-order valence-corrected chi connectivity index (χ4v) is 3.47. The highest BCUT2D eigenvalue weighted by atomic mass is 35.7. The molecule has 3 heteroatoms. The molecule has 1 aliphatic carbocycles. The summed E-state index contributed by atoms with van der Waals surface area (Å²) < 4.78 is 0. The van der Waals surface area contributed by atoms with Crippen LogP contribution in [0.5, 0.6) is 0 Å². The van der Waals surface area contributed by atoms with E-state index in [0.29, 0.717) is 5.54 Å². The molecule has 1 aliphatic rings. The van der Waals surface area contributed by atoms with E-state index in [-0.39, 0.29) is 0 Å². The molecule has 0 aromatic rings. The van der Waals surface area contributed by atoms with Crippen LogP contribution >= 0.6 is 22.2 Å². The van der Waals surface area contributed by atoms with Gasteiger partial charge < -0.3 is 0 Å². The van der Waals surface area contributed by atoms with E-state index in [2.05, 4.69) is 0 Å². The molecule has 0 saturated heterocycles. The second-order valence-corrected chi connectivity index (χ2v) is 7.04. The molecule has 0 N–H and O–H groups in total. The Hall–Kier alpha value is 0.797. The van der Waals surface area contributed by atoms with Crippen LogP contribution in [0.3, 0.4) is 0 Å². The molecular weight excluding hydrogens is 171 g/mol. The summed E-state index contributed by atoms with van der Waals surface area (Å²) in [5.41, 5.74) is 0.687. The zero-order valence-electron chi connectivity index (χ0n) is 5.37. The van der Waals surface area contributed by atoms with Crippen LogP contribution in [-0.4, -0.2) is 7.42 Å². The van der Waals surface area contributed by atoms with E-state index < -0.39 is 7.42 Å². The number of rotatable bonds is 1. The van der Waals surface area contributed by atoms with Crippen LogP contribution < -0.4 is 0 Å². The Morgan fingerprint density at radius 3 is 1.89 bits per heavy atom. The van der Waals surface area contributed by atoms with Gasteiger partial charge in [0, 0.05) is 0 Å². The first-order valence-corrected chi connectivity index (χ1v) is 7.08. The summed E-state index contributed by atoms with van der Waals surface area (Å²) in [4.78, 5) is 0. The lowest BCUT2D eigenvalue weighted by molar-refractivity contribution is 0.502. The van der Waals surface area contributed by atoms with Crippen molar-refractivity contribution in [3.63, 3.8) is 0 Å². The molecule has 0 amide bonds. The van der Waals surface area contributed by atoms with Crippen molar-refractivity contribution in [1.29, 1.82) is 0 Å². The molecule has 1 radical (unpaired) electrons. The maximum Gasteiger partial charge on any atom is 0.277 e. The third kappa shape index (κ3) is 2.48. The van der Waals surface area contributed by atoms with Gasteiger partial charge in [0.1, 0.15) is 0 Å². The molecule has 53 valence electrons. The van der Waals surface area contributed by atoms with Gasteiger partial charge in [0.05, 0.1) is 0 Å². The summed E-state index contributed by atoms with van der Waals surface area (Å²) in [5, 5.41) is 0. The van der Waals surface area contributed by atoms with Gasteiger partial charge in [-0.05, 0) is 5.54 Å². The molecular formula is C6H11Cl2Si. The fraction of sp³-hybridized carbons (Fsp3) is 1.00. The van der Waals surface area contributed by atoms with E-state index in [1.165, 1.54) is 32.1 Å². The highest BCUT2D eigenvalue weighted by Gasteiger charge is 2.21. The van der Waals surface area contributed by atoms with E-state index >= 15 is 0 Å². The topological polar surface area (TPSA) is 0 Å². The number of hydrogen-bond acceptors (Lipinski definition) is 0. The lowest BCUT2D eigenvalue weighted by Gasteiger charge is -2.20. The van der Waals surface area contributed by atoms with E-state index in [9.17, 15) is 0 Å². The minimum Gasteiger partial charge on any atom is -0.146 e. The summed E-state index contributed by atoms with van der Waals surface area (Å²) in [7, 11) is -0.991. The third-order valence-corrected chi connectivity index (χ3v) is 4.96. The highest BCUT2D eigenvalue weighted by molar-refractivity contribution is 7.34. The van der Waals surface area contributed by atoms with Gasteiger partial charge in [-0.3, -0.25) is 0 Å². The van der Waals surface area contributed by atoms with Gasteiger partial charge in [0.25, 0.3) is 7.42 Å². The Bertz CT molecular complexity index is 79.1. The molecule has 1 rings (SSSR count). The van der Waals surface area contributed by atoms with Crippen molar-refractivity contribution in [3.05, 3.63) is 0 Å². The maximum absolute atomic E-state index is 5.82. The van der Waals surface area contributed by atoms with Crippen molar-refractivity contribution >= 4 is 29.6 Å². The molecule has 0 bridgehead atoms. The molecule has 0 aliphatic heterocycles. The predicted octanol–water partition coefficient (Wildman–Crippen LogP) is 3.29. The van der Waals surface area contributed by atoms with Gasteiger partial charge in [-0.15, -0.1) is 22.2 Å². The molecule has 0 aromatic heterocycles. The predicted molar refractivity (Wildman–Crippen MR) is 44.3 cm³/mol. The molecule has 0 heterocycles. The van der Waals surface area contributed by atoms with Crippen LogP contribution in [0.25, 0.3) is 0 Å². The number of hydrogen-bond donors (Lipinski definition) is 0. The van der Waals surface area contributed by atoms with E-state index in [0.717, 1.165) is 0 Å². The lowest BCUT2D eigenvalue weighted by Crippen LogP contribution is -2.10. The SMILES string of the molecule is Cl[Si](Cl)C1CCCCC1. The summed E-state index contributed by atoms with van der Waals surface area (Å²) in [6.45, 7) is 0. The van der Waals surface area contributed by atoms with Gasteiger partial charge in [-0.2, -0.15) is 0 Å². The van der Waals surface area contributed by atoms with Gasteiger partial charge in [-0.25, -0.2) is 0 Å². The average Bonchev–Trinajstić information content (AvgIpc) is 1.90. The standard InChI is InChI=1S/C6H11Cl2Si/c7-9(8)6-4-2-1-3-5-6/h6H,1-5H2. The van der Waals surface area contributed by atoms with Crippen LogP contribution in [0, 0.1) is 0 Å². The van der Waals surface area contributed by atoms with Crippen LogP contribution in [0.1, 0.15) is 32.1 Å². The van der Waals surface area contributed by atoms with E-state index in [4.69, 9.17) is 22.2 Å². The average molecular weight is 182 g/mol. The quantitative estimate of drug-likeness (QED) is 0.431. The molecule has 1 fully saturated rings. The molecule has 0 spiro atoms. The Morgan fingerprint density at radius 2 is 1.56 bits per heavy atom. The van der Waals surface area contributed by atoms with E-state index in [1.54, 1.807) is 0 Å². The van der Waals surface area contributed by atoms with E-state index in [1.807, 2.05) is 0 Å². The molecule has 1 saturated carbocycles. The Balaban J connectivity index is 2.23. The Morgan fingerprint density at radius 1 is 1.00 bits per heavy atom. The largest absolute Gasteiger partial charge is 0.277 e. The van der Waals surface area contributed by atoms with Gasteiger partial charge in [0.15, 0.2) is 0 Å². The minimum atomic E-state index is -0.991. The van der Waals surface area contributed by atoms with Crippen LogP contribution in [0.4, 0.5) is 0 Å². The first-order chi connectivity index (χ1) is 4.30. The summed E-state index contributed by atoms with van der Waals surface area (Å²) >= 11 is 11.6. The van der Waals surface area contributed by atoms with Crippen molar-refractivity contribution in [3.8, 4) is 0 Å². The van der Waals surface area contributed by atoms with Crippen LogP contribution in [0.15, 0.2) is 0 Å². The van der Waals surface area contributed by atoms with Crippen molar-refractivity contribution < 1.29 is 0 Å². The van der Waals surface area contributed by atoms with Gasteiger partial charge in [-0.1, -0.05) is 32.1 Å². The third-order valence-electron chi connectivity index (χ3n) is 1.91. The first-order valence-electron chi connectivity index (χ1n) is 3.48. The Kier molecular flexibility index (Phi) is 3.37. The molecule has 9 heavy (non-hydrogen) atoms. The second kappa shape index (κ2) is 3.84. The Labute approximate surface area is 67.6 Å². The normalized spacial score (nSPS) is 23.0. The van der Waals surface area contributed by atoms with Crippen molar-refractivity contribution in [2.24, 2.45) is 0 Å². The highest BCUT2D eigenvalue weighted by Crippen LogP contribution is 2.33. The van der Waals surface area contributed by atoms with Crippen LogP contribution in [0.2, 0.25) is 5.54 Å². The number of halogens is 2. The summed E-state index contributed by atoms with van der Waals surface area (Å²) in [6.07, 6.45) is 6.64. The van der Waals surface area contributed by atoms with Crippen molar-refractivity contribution in [2.45, 2.75) is 37.6 Å². The van der Waals surface area contributed by atoms with Crippen molar-refractivity contribution in [1.82, 2.24) is 0 Å². The summed E-state index contributed by atoms with van der Waals surface area (Å²) in [5.74, 6) is 0. The molecule has 0 aromatic carbocycles. The molecule has 0 atom stereocenters. The molecule has 0 nitrogen and oxygen atoms in total. The van der Waals surface area contributed by atoms with Gasteiger partial charge >= 0.3 is 0 Å². The monoisotopic (exact) mass is 181 g/mol. The van der Waals surface area contributed by atoms with Crippen LogP contribution in [-0.2, 0) is 0 Å². The molecule has 0 unspecified atom stereocenters. The van der Waals surface area contributed by atoms with Crippen molar-refractivity contribution in [2.75, 3.05) is 0 Å². The maximum atomic E-state index is 5.82. The van der Waals surface area contributed by atoms with Gasteiger partial charge in [0.2, 0.25) is 0 Å². The zero-order valence-corrected chi connectivity index (χ0v) is 7.88. The first kappa shape index (κ1) is 7.90. The minimum absolute atomic E-state index is 0.687. The smallest absolute Gasteiger partial charge is 0.146 e.